The molecule has 0 aliphatic carbocycles. The van der Waals surface area contributed by atoms with Crippen LogP contribution in [-0.4, -0.2) is 38.4 Å². The fourth-order valence-electron chi connectivity index (χ4n) is 1.42. The molecule has 1 amide bonds. The van der Waals surface area contributed by atoms with Crippen LogP contribution in [0.3, 0.4) is 0 Å². The predicted molar refractivity (Wildman–Crippen MR) is 53.4 cm³/mol. The molecular formula is C8H16N2O3S. The fourth-order valence-corrected chi connectivity index (χ4v) is 3.16. The topological polar surface area (TPSA) is 89.3 Å². The van der Waals surface area contributed by atoms with Crippen molar-refractivity contribution in [3.8, 4) is 0 Å². The average Bonchev–Trinajstić information content (AvgIpc) is 2.46. The molecular weight excluding hydrogens is 204 g/mol. The number of amides is 1. The lowest BCUT2D eigenvalue weighted by Gasteiger charge is -2.14. The van der Waals surface area contributed by atoms with Gasteiger partial charge in [-0.1, -0.05) is 0 Å². The molecule has 0 aromatic heterocycles. The van der Waals surface area contributed by atoms with Gasteiger partial charge in [0.25, 0.3) is 0 Å². The quantitative estimate of drug-likeness (QED) is 0.631. The number of hydrogen-bond acceptors (Lipinski definition) is 4. The summed E-state index contributed by atoms with van der Waals surface area (Å²) in [6, 6.07) is -0.0918. The van der Waals surface area contributed by atoms with E-state index in [1.165, 1.54) is 0 Å². The van der Waals surface area contributed by atoms with Gasteiger partial charge in [-0.15, -0.1) is 0 Å². The monoisotopic (exact) mass is 220 g/mol. The van der Waals surface area contributed by atoms with Crippen LogP contribution in [0.2, 0.25) is 0 Å². The lowest BCUT2D eigenvalue weighted by Crippen LogP contribution is -2.41. The highest BCUT2D eigenvalue weighted by molar-refractivity contribution is 7.91. The highest BCUT2D eigenvalue weighted by Gasteiger charge is 2.33. The maximum Gasteiger partial charge on any atom is 0.224 e. The summed E-state index contributed by atoms with van der Waals surface area (Å²) in [5, 5.41) is 2.68. The van der Waals surface area contributed by atoms with Gasteiger partial charge in [-0.25, -0.2) is 8.42 Å². The van der Waals surface area contributed by atoms with Gasteiger partial charge >= 0.3 is 0 Å². The summed E-state index contributed by atoms with van der Waals surface area (Å²) in [4.78, 5) is 11.5. The lowest BCUT2D eigenvalue weighted by atomic mass is 10.1. The summed E-state index contributed by atoms with van der Waals surface area (Å²) in [6.45, 7) is 2.16. The Morgan fingerprint density at radius 3 is 2.71 bits per heavy atom. The first-order valence-electron chi connectivity index (χ1n) is 4.65. The van der Waals surface area contributed by atoms with E-state index < -0.39 is 9.84 Å². The fraction of sp³-hybridized carbons (Fsp3) is 0.875. The molecule has 0 spiro atoms. The van der Waals surface area contributed by atoms with Crippen LogP contribution in [-0.2, 0) is 14.6 Å². The Balaban J connectivity index is 2.48. The number of carbonyl (C=O) groups excluding carboxylic acids is 1. The summed E-state index contributed by atoms with van der Waals surface area (Å²) in [5.41, 5.74) is 5.34. The Labute approximate surface area is 84.0 Å². The van der Waals surface area contributed by atoms with Gasteiger partial charge in [-0.2, -0.15) is 0 Å². The van der Waals surface area contributed by atoms with Gasteiger partial charge in [0.15, 0.2) is 9.84 Å². The van der Waals surface area contributed by atoms with Crippen LogP contribution in [0.5, 0.6) is 0 Å². The van der Waals surface area contributed by atoms with Crippen LogP contribution in [0.25, 0.3) is 0 Å². The molecule has 2 atom stereocenters. The smallest absolute Gasteiger partial charge is 0.224 e. The largest absolute Gasteiger partial charge is 0.352 e. The SMILES string of the molecule is C[C@H](CN)NC(=O)C1CCS(=O)(=O)C1. The number of carbonyl (C=O) groups is 1. The molecule has 3 N–H and O–H groups in total. The zero-order chi connectivity index (χ0) is 10.8. The molecule has 6 heteroatoms. The maximum atomic E-state index is 11.5. The second kappa shape index (κ2) is 4.27. The van der Waals surface area contributed by atoms with Crippen molar-refractivity contribution in [1.29, 1.82) is 0 Å². The highest BCUT2D eigenvalue weighted by atomic mass is 32.2. The van der Waals surface area contributed by atoms with Gasteiger partial charge in [0.05, 0.1) is 17.4 Å². The van der Waals surface area contributed by atoms with Gasteiger partial charge in [0, 0.05) is 12.6 Å². The van der Waals surface area contributed by atoms with Crippen molar-refractivity contribution in [2.24, 2.45) is 11.7 Å². The van der Waals surface area contributed by atoms with Gasteiger partial charge in [0.2, 0.25) is 5.91 Å². The molecule has 0 saturated carbocycles. The minimum absolute atomic E-state index is 0.0177. The molecule has 1 heterocycles. The van der Waals surface area contributed by atoms with E-state index in [4.69, 9.17) is 5.73 Å². The van der Waals surface area contributed by atoms with Crippen molar-refractivity contribution in [2.75, 3.05) is 18.1 Å². The summed E-state index contributed by atoms with van der Waals surface area (Å²) in [5.74, 6) is -0.462. The summed E-state index contributed by atoms with van der Waals surface area (Å²) in [6.07, 6.45) is 0.436. The summed E-state index contributed by atoms with van der Waals surface area (Å²) < 4.78 is 22.2. The molecule has 0 radical (unpaired) electrons. The lowest BCUT2D eigenvalue weighted by molar-refractivity contribution is -0.124. The molecule has 0 aromatic rings. The second-order valence-corrected chi connectivity index (χ2v) is 5.97. The Bertz CT molecular complexity index is 313. The first kappa shape index (κ1) is 11.5. The van der Waals surface area contributed by atoms with Crippen molar-refractivity contribution in [1.82, 2.24) is 5.32 Å². The molecule has 82 valence electrons. The van der Waals surface area contributed by atoms with Crippen molar-refractivity contribution < 1.29 is 13.2 Å². The van der Waals surface area contributed by atoms with Crippen LogP contribution in [0.4, 0.5) is 0 Å². The van der Waals surface area contributed by atoms with Crippen molar-refractivity contribution in [3.05, 3.63) is 0 Å². The van der Waals surface area contributed by atoms with E-state index in [1.807, 2.05) is 0 Å². The zero-order valence-electron chi connectivity index (χ0n) is 8.19. The Hall–Kier alpha value is -0.620. The van der Waals surface area contributed by atoms with Gasteiger partial charge in [0.1, 0.15) is 0 Å². The van der Waals surface area contributed by atoms with E-state index in [-0.39, 0.29) is 29.4 Å². The van der Waals surface area contributed by atoms with E-state index >= 15 is 0 Å². The van der Waals surface area contributed by atoms with E-state index in [9.17, 15) is 13.2 Å². The molecule has 0 aromatic carbocycles. The third kappa shape index (κ3) is 2.95. The normalized spacial score (nSPS) is 27.1. The van der Waals surface area contributed by atoms with Crippen LogP contribution in [0.15, 0.2) is 0 Å². The predicted octanol–water partition coefficient (Wildman–Crippen LogP) is -1.12. The van der Waals surface area contributed by atoms with Crippen LogP contribution in [0, 0.1) is 5.92 Å². The summed E-state index contributed by atoms with van der Waals surface area (Å²) in [7, 11) is -2.98. The Kier molecular flexibility index (Phi) is 3.49. The first-order valence-corrected chi connectivity index (χ1v) is 6.47. The number of rotatable bonds is 3. The van der Waals surface area contributed by atoms with E-state index in [2.05, 4.69) is 5.32 Å². The zero-order valence-corrected chi connectivity index (χ0v) is 9.01. The standard InChI is InChI=1S/C8H16N2O3S/c1-6(4-9)10-8(11)7-2-3-14(12,13)5-7/h6-7H,2-5,9H2,1H3,(H,10,11)/t6-,7?/m1/s1. The number of nitrogens with two attached hydrogens (primary N) is 1. The van der Waals surface area contributed by atoms with Crippen LogP contribution >= 0.6 is 0 Å². The van der Waals surface area contributed by atoms with Gasteiger partial charge < -0.3 is 11.1 Å². The molecule has 1 fully saturated rings. The molecule has 1 saturated heterocycles. The highest BCUT2D eigenvalue weighted by Crippen LogP contribution is 2.18. The van der Waals surface area contributed by atoms with E-state index in [0.29, 0.717) is 13.0 Å². The second-order valence-electron chi connectivity index (χ2n) is 3.75. The third-order valence-corrected chi connectivity index (χ3v) is 4.11. The average molecular weight is 220 g/mol. The van der Waals surface area contributed by atoms with Crippen LogP contribution in [0.1, 0.15) is 13.3 Å². The van der Waals surface area contributed by atoms with E-state index in [0.717, 1.165) is 0 Å². The number of nitrogens with one attached hydrogen (secondary N) is 1. The molecule has 14 heavy (non-hydrogen) atoms. The molecule has 1 unspecified atom stereocenters. The molecule has 5 nitrogen and oxygen atoms in total. The molecule has 1 aliphatic heterocycles. The Morgan fingerprint density at radius 2 is 2.29 bits per heavy atom. The van der Waals surface area contributed by atoms with Gasteiger partial charge in [-0.3, -0.25) is 4.79 Å². The minimum atomic E-state index is -2.98. The van der Waals surface area contributed by atoms with Crippen molar-refractivity contribution in [2.45, 2.75) is 19.4 Å². The maximum absolute atomic E-state index is 11.5. The van der Waals surface area contributed by atoms with Gasteiger partial charge in [-0.05, 0) is 13.3 Å². The molecule has 0 bridgehead atoms. The van der Waals surface area contributed by atoms with E-state index in [1.54, 1.807) is 6.92 Å². The molecule has 1 rings (SSSR count). The first-order chi connectivity index (χ1) is 6.44. The number of sulfone groups is 1. The summed E-state index contributed by atoms with van der Waals surface area (Å²) >= 11 is 0. The Morgan fingerprint density at radius 1 is 1.64 bits per heavy atom. The van der Waals surface area contributed by atoms with Crippen molar-refractivity contribution >= 4 is 15.7 Å². The minimum Gasteiger partial charge on any atom is -0.352 e. The third-order valence-electron chi connectivity index (χ3n) is 2.35. The van der Waals surface area contributed by atoms with Crippen molar-refractivity contribution in [3.63, 3.8) is 0 Å². The van der Waals surface area contributed by atoms with Crippen LogP contribution < -0.4 is 11.1 Å². The molecule has 1 aliphatic rings. The number of hydrogen-bond donors (Lipinski definition) is 2.